The van der Waals surface area contributed by atoms with Gasteiger partial charge in [-0.05, 0) is 23.6 Å². The molecule has 0 saturated carbocycles. The van der Waals surface area contributed by atoms with Gasteiger partial charge in [0.15, 0.2) is 42.1 Å². The fourth-order valence-electron chi connectivity index (χ4n) is 2.95. The lowest BCUT2D eigenvalue weighted by Crippen LogP contribution is -2.37. The highest BCUT2D eigenvalue weighted by atomic mass is 31.1. The first-order valence-corrected chi connectivity index (χ1v) is 10.8. The SMILES string of the molecule is CC(C(=O)O)N(Oc1ccccc1)[P+](=O)OC[C@@H]1OC[C@H](n2cnc3c(=O)[nH]c(N)nc32)O1. The number of carboxylic acid groups (broad SMARTS) is 1. The van der Waals surface area contributed by atoms with Crippen LogP contribution in [-0.4, -0.2) is 61.0 Å². The normalized spacial score (nSPS) is 19.6. The first-order valence-electron chi connectivity index (χ1n) is 9.68. The molecule has 4 rings (SSSR count). The Labute approximate surface area is 186 Å². The van der Waals surface area contributed by atoms with Crippen molar-refractivity contribution in [2.75, 3.05) is 18.9 Å². The standard InChI is InChI=1S/C18H19N6O8P/c1-10(17(26)27)24(32-11-5-3-2-4-6-11)33(28)30-8-13-29-7-12(31-13)23-9-20-14-15(23)21-18(19)22-16(14)25/h2-6,9-10,12-13H,7-8H2,1H3,(H3-,19,21,22,25,26,27)/p+1/t10?,12-,13-/m1/s1. The minimum Gasteiger partial charge on any atom is -0.480 e. The van der Waals surface area contributed by atoms with Crippen LogP contribution in [0.3, 0.4) is 0 Å². The summed E-state index contributed by atoms with van der Waals surface area (Å²) in [6, 6.07) is 7.02. The number of carbonyl (C=O) groups is 1. The van der Waals surface area contributed by atoms with Gasteiger partial charge in [-0.2, -0.15) is 4.98 Å². The van der Waals surface area contributed by atoms with Gasteiger partial charge in [0.2, 0.25) is 5.95 Å². The molecule has 1 aliphatic heterocycles. The second-order valence-corrected chi connectivity index (χ2v) is 8.01. The fourth-order valence-corrected chi connectivity index (χ4v) is 3.86. The molecule has 14 nitrogen and oxygen atoms in total. The maximum absolute atomic E-state index is 12.7. The molecule has 0 amide bonds. The Hall–Kier alpha value is -3.42. The Kier molecular flexibility index (Phi) is 6.62. The third-order valence-electron chi connectivity index (χ3n) is 4.61. The molecule has 3 aromatic rings. The van der Waals surface area contributed by atoms with Crippen LogP contribution < -0.4 is 16.1 Å². The van der Waals surface area contributed by atoms with Gasteiger partial charge in [0.25, 0.3) is 5.56 Å². The lowest BCUT2D eigenvalue weighted by atomic mass is 10.3. The summed E-state index contributed by atoms with van der Waals surface area (Å²) in [6.45, 7) is 1.10. The predicted octanol–water partition coefficient (Wildman–Crippen LogP) is 1.02. The number of rotatable bonds is 9. The number of aliphatic carboxylic acids is 1. The molecule has 0 spiro atoms. The van der Waals surface area contributed by atoms with E-state index >= 15 is 0 Å². The third kappa shape index (κ3) is 4.99. The van der Waals surface area contributed by atoms with Gasteiger partial charge in [-0.1, -0.05) is 18.2 Å². The number of fused-ring (bicyclic) bond motifs is 1. The summed E-state index contributed by atoms with van der Waals surface area (Å²) < 4.78 is 30.7. The largest absolute Gasteiger partial charge is 0.653 e. The van der Waals surface area contributed by atoms with Crippen molar-refractivity contribution in [3.63, 3.8) is 0 Å². The van der Waals surface area contributed by atoms with Crippen molar-refractivity contribution in [1.82, 2.24) is 24.4 Å². The van der Waals surface area contributed by atoms with Crippen LogP contribution in [0, 0.1) is 0 Å². The number of imidazole rings is 1. The van der Waals surface area contributed by atoms with Gasteiger partial charge in [-0.25, -0.2) is 4.98 Å². The molecular formula is C18H20N6O8P+. The van der Waals surface area contributed by atoms with Crippen molar-refractivity contribution in [3.05, 3.63) is 47.0 Å². The Bertz CT molecular complexity index is 1220. The molecule has 2 unspecified atom stereocenters. The highest BCUT2D eigenvalue weighted by molar-refractivity contribution is 7.36. The molecule has 0 bridgehead atoms. The van der Waals surface area contributed by atoms with Crippen LogP contribution in [0.5, 0.6) is 5.75 Å². The second kappa shape index (κ2) is 9.60. The lowest BCUT2D eigenvalue weighted by molar-refractivity contribution is -0.148. The molecule has 15 heteroatoms. The number of carboxylic acids is 1. The van der Waals surface area contributed by atoms with Crippen LogP contribution >= 0.6 is 8.18 Å². The molecule has 0 radical (unpaired) electrons. The number of nitrogen functional groups attached to an aromatic ring is 1. The fraction of sp³-hybridized carbons (Fsp3) is 0.333. The van der Waals surface area contributed by atoms with E-state index in [2.05, 4.69) is 15.0 Å². The topological polar surface area (TPSA) is 184 Å². The van der Waals surface area contributed by atoms with Gasteiger partial charge in [-0.3, -0.25) is 19.1 Å². The Morgan fingerprint density at radius 2 is 2.21 bits per heavy atom. The van der Waals surface area contributed by atoms with Crippen molar-refractivity contribution in [3.8, 4) is 5.75 Å². The molecule has 1 fully saturated rings. The van der Waals surface area contributed by atoms with Crippen molar-refractivity contribution >= 4 is 31.3 Å². The molecule has 0 aliphatic carbocycles. The summed E-state index contributed by atoms with van der Waals surface area (Å²) in [5.74, 6) is -1.03. The highest BCUT2D eigenvalue weighted by Gasteiger charge is 2.43. The number of hydroxylamine groups is 1. The van der Waals surface area contributed by atoms with E-state index < -0.39 is 38.3 Å². The summed E-state index contributed by atoms with van der Waals surface area (Å²) in [7, 11) is -2.73. The van der Waals surface area contributed by atoms with Gasteiger partial charge >= 0.3 is 14.1 Å². The number of H-pyrrole nitrogens is 1. The van der Waals surface area contributed by atoms with E-state index in [9.17, 15) is 19.3 Å². The van der Waals surface area contributed by atoms with E-state index in [1.54, 1.807) is 30.3 Å². The van der Waals surface area contributed by atoms with Crippen LogP contribution in [0.25, 0.3) is 11.2 Å². The van der Waals surface area contributed by atoms with E-state index in [1.165, 1.54) is 17.8 Å². The number of aromatic nitrogens is 4. The number of nitrogens with two attached hydrogens (primary N) is 1. The van der Waals surface area contributed by atoms with Gasteiger partial charge < -0.3 is 25.2 Å². The summed E-state index contributed by atoms with van der Waals surface area (Å²) >= 11 is 0. The van der Waals surface area contributed by atoms with E-state index in [0.29, 0.717) is 5.75 Å². The smallest absolute Gasteiger partial charge is 0.480 e. The van der Waals surface area contributed by atoms with Gasteiger partial charge in [-0.15, -0.1) is 4.52 Å². The molecule has 4 atom stereocenters. The lowest BCUT2D eigenvalue weighted by Gasteiger charge is -2.15. The van der Waals surface area contributed by atoms with Crippen LogP contribution in [0.2, 0.25) is 0 Å². The van der Waals surface area contributed by atoms with Crippen LogP contribution in [-0.2, 0) is 23.4 Å². The number of benzene rings is 1. The first-order chi connectivity index (χ1) is 15.8. The van der Waals surface area contributed by atoms with Crippen molar-refractivity contribution in [1.29, 1.82) is 0 Å². The minimum absolute atomic E-state index is 0.0699. The van der Waals surface area contributed by atoms with Crippen LogP contribution in [0.15, 0.2) is 41.5 Å². The maximum Gasteiger partial charge on any atom is 0.653 e. The van der Waals surface area contributed by atoms with E-state index in [-0.39, 0.29) is 30.3 Å². The predicted molar refractivity (Wildman–Crippen MR) is 112 cm³/mol. The first kappa shape index (κ1) is 22.8. The number of aromatic amines is 1. The molecule has 2 aromatic heterocycles. The summed E-state index contributed by atoms with van der Waals surface area (Å²) in [5.41, 5.74) is 5.42. The summed E-state index contributed by atoms with van der Waals surface area (Å²) in [6.07, 6.45) is -0.247. The number of para-hydroxylation sites is 1. The zero-order valence-corrected chi connectivity index (χ0v) is 18.1. The molecule has 33 heavy (non-hydrogen) atoms. The van der Waals surface area contributed by atoms with E-state index in [1.807, 2.05) is 0 Å². The van der Waals surface area contributed by atoms with Gasteiger partial charge in [0.1, 0.15) is 4.83 Å². The zero-order chi connectivity index (χ0) is 23.5. The number of anilines is 1. The number of nitrogens with one attached hydrogen (secondary N) is 1. The minimum atomic E-state index is -2.73. The van der Waals surface area contributed by atoms with Crippen LogP contribution in [0.4, 0.5) is 5.95 Å². The van der Waals surface area contributed by atoms with E-state index in [4.69, 9.17) is 24.6 Å². The number of hydrogen-bond donors (Lipinski definition) is 3. The third-order valence-corrected chi connectivity index (χ3v) is 5.73. The zero-order valence-electron chi connectivity index (χ0n) is 17.2. The molecule has 1 aromatic carbocycles. The average Bonchev–Trinajstić information content (AvgIpc) is 3.43. The molecule has 1 saturated heterocycles. The maximum atomic E-state index is 12.7. The molecule has 3 heterocycles. The molecule has 174 valence electrons. The second-order valence-electron chi connectivity index (χ2n) is 6.88. The van der Waals surface area contributed by atoms with Gasteiger partial charge in [0, 0.05) is 0 Å². The van der Waals surface area contributed by atoms with Crippen molar-refractivity contribution < 1.29 is 33.3 Å². The number of hydrogen-bond acceptors (Lipinski definition) is 10. The quantitative estimate of drug-likeness (QED) is 0.293. The summed E-state index contributed by atoms with van der Waals surface area (Å²) in [5, 5.41) is 9.32. The van der Waals surface area contributed by atoms with Crippen molar-refractivity contribution in [2.24, 2.45) is 0 Å². The summed E-state index contributed by atoms with van der Waals surface area (Å²) in [4.78, 5) is 40.0. The molecule has 1 aliphatic rings. The Balaban J connectivity index is 1.40. The molecular weight excluding hydrogens is 459 g/mol. The van der Waals surface area contributed by atoms with Gasteiger partial charge in [0.05, 0.1) is 12.9 Å². The average molecular weight is 479 g/mol. The van der Waals surface area contributed by atoms with Crippen molar-refractivity contribution in [2.45, 2.75) is 25.5 Å². The molecule has 4 N–H and O–H groups in total. The Morgan fingerprint density at radius 1 is 1.45 bits per heavy atom. The van der Waals surface area contributed by atoms with E-state index in [0.717, 1.165) is 4.83 Å². The highest BCUT2D eigenvalue weighted by Crippen LogP contribution is 2.34. The monoisotopic (exact) mass is 479 g/mol. The number of nitrogens with zero attached hydrogens (tertiary/aromatic N) is 4. The number of ether oxygens (including phenoxy) is 2. The van der Waals surface area contributed by atoms with Crippen LogP contribution in [0.1, 0.15) is 13.2 Å². The Morgan fingerprint density at radius 3 is 2.94 bits per heavy atom.